The Balaban J connectivity index is 2.34. The zero-order chi connectivity index (χ0) is 16.7. The zero-order valence-electron chi connectivity index (χ0n) is 11.5. The maximum Gasteiger partial charge on any atom is 0.341 e. The number of aromatic hydroxyl groups is 2. The van der Waals surface area contributed by atoms with Crippen LogP contribution in [0.3, 0.4) is 0 Å². The third-order valence-corrected chi connectivity index (χ3v) is 3.39. The Bertz CT molecular complexity index is 960. The topological polar surface area (TPSA) is 133 Å². The van der Waals surface area contributed by atoms with E-state index in [1.165, 1.54) is 41.2 Å². The molecule has 3 aromatic rings. The van der Waals surface area contributed by atoms with Crippen molar-refractivity contribution in [3.8, 4) is 17.2 Å². The van der Waals surface area contributed by atoms with Crippen molar-refractivity contribution in [1.82, 2.24) is 9.55 Å². The Kier molecular flexibility index (Phi) is 3.14. The van der Waals surface area contributed by atoms with E-state index in [1.807, 2.05) is 0 Å². The lowest BCUT2D eigenvalue weighted by Gasteiger charge is -2.09. The van der Waals surface area contributed by atoms with Crippen molar-refractivity contribution in [3.63, 3.8) is 0 Å². The van der Waals surface area contributed by atoms with Gasteiger partial charge in [0, 0.05) is 5.69 Å². The van der Waals surface area contributed by atoms with Crippen molar-refractivity contribution in [1.29, 1.82) is 0 Å². The lowest BCUT2D eigenvalue weighted by atomic mass is 10.1. The van der Waals surface area contributed by atoms with Crippen LogP contribution in [0, 0.1) is 0 Å². The molecule has 0 saturated carbocycles. The molecule has 8 nitrogen and oxygen atoms in total. The molecule has 0 saturated heterocycles. The molecule has 4 N–H and O–H groups in total. The second-order valence-electron chi connectivity index (χ2n) is 4.75. The first-order valence-electron chi connectivity index (χ1n) is 6.39. The molecule has 1 heterocycles. The van der Waals surface area contributed by atoms with Crippen LogP contribution in [0.25, 0.3) is 16.7 Å². The van der Waals surface area contributed by atoms with E-state index in [1.54, 1.807) is 0 Å². The number of imidazole rings is 1. The molecule has 3 rings (SSSR count). The molecule has 23 heavy (non-hydrogen) atoms. The second kappa shape index (κ2) is 5.02. The summed E-state index contributed by atoms with van der Waals surface area (Å²) in [5.74, 6) is -3.50. The highest BCUT2D eigenvalue weighted by Gasteiger charge is 2.20. The van der Waals surface area contributed by atoms with Gasteiger partial charge in [0.05, 0.1) is 11.0 Å². The predicted molar refractivity (Wildman–Crippen MR) is 78.3 cm³/mol. The summed E-state index contributed by atoms with van der Waals surface area (Å²) in [6.45, 7) is 0. The molecular weight excluding hydrogens is 304 g/mol. The van der Waals surface area contributed by atoms with Crippen LogP contribution in [0.2, 0.25) is 0 Å². The van der Waals surface area contributed by atoms with Gasteiger partial charge in [-0.25, -0.2) is 14.6 Å². The smallest absolute Gasteiger partial charge is 0.341 e. The van der Waals surface area contributed by atoms with E-state index in [2.05, 4.69) is 4.98 Å². The Morgan fingerprint density at radius 1 is 0.957 bits per heavy atom. The van der Waals surface area contributed by atoms with E-state index >= 15 is 0 Å². The first-order valence-corrected chi connectivity index (χ1v) is 6.39. The van der Waals surface area contributed by atoms with Crippen LogP contribution in [0.15, 0.2) is 36.7 Å². The number of hydrogen-bond donors (Lipinski definition) is 4. The maximum absolute atomic E-state index is 11.4. The van der Waals surface area contributed by atoms with Crippen LogP contribution in [0.4, 0.5) is 0 Å². The van der Waals surface area contributed by atoms with Crippen LogP contribution < -0.4 is 0 Å². The summed E-state index contributed by atoms with van der Waals surface area (Å²) in [5, 5.41) is 37.7. The summed E-state index contributed by atoms with van der Waals surface area (Å²) in [4.78, 5) is 26.6. The minimum Gasteiger partial charge on any atom is -0.507 e. The molecule has 2 aromatic carbocycles. The number of rotatable bonds is 3. The number of nitrogens with zero attached hydrogens (tertiary/aromatic N) is 2. The second-order valence-corrected chi connectivity index (χ2v) is 4.75. The van der Waals surface area contributed by atoms with Gasteiger partial charge in [-0.05, 0) is 30.3 Å². The standard InChI is InChI=1S/C15H10N2O6/c18-10-3-1-7(5-8(10)14(20)21)17-6-16-9-2-4-11(19)12(13(9)17)15(22)23/h1-6,18-19H,(H,20,21)(H,22,23). The number of benzene rings is 2. The van der Waals surface area contributed by atoms with Crippen molar-refractivity contribution < 1.29 is 30.0 Å². The Morgan fingerprint density at radius 3 is 2.30 bits per heavy atom. The van der Waals surface area contributed by atoms with Gasteiger partial charge in [-0.15, -0.1) is 0 Å². The molecule has 0 amide bonds. The molecule has 116 valence electrons. The number of carboxylic acid groups (broad SMARTS) is 2. The molecule has 0 fully saturated rings. The summed E-state index contributed by atoms with van der Waals surface area (Å²) in [5.41, 5.74) is 0.0619. The van der Waals surface area contributed by atoms with E-state index in [-0.39, 0.29) is 22.3 Å². The molecule has 0 atom stereocenters. The zero-order valence-corrected chi connectivity index (χ0v) is 11.5. The van der Waals surface area contributed by atoms with Crippen molar-refractivity contribution >= 4 is 23.0 Å². The Labute approximate surface area is 128 Å². The molecule has 0 aliphatic heterocycles. The highest BCUT2D eigenvalue weighted by molar-refractivity contribution is 6.04. The van der Waals surface area contributed by atoms with Crippen LogP contribution >= 0.6 is 0 Å². The molecule has 0 unspecified atom stereocenters. The highest BCUT2D eigenvalue weighted by Crippen LogP contribution is 2.30. The Morgan fingerprint density at radius 2 is 1.65 bits per heavy atom. The summed E-state index contributed by atoms with van der Waals surface area (Å²) >= 11 is 0. The predicted octanol–water partition coefficient (Wildman–Crippen LogP) is 1.83. The quantitative estimate of drug-likeness (QED) is 0.579. The lowest BCUT2D eigenvalue weighted by molar-refractivity contribution is 0.0683. The number of carboxylic acids is 2. The fourth-order valence-electron chi connectivity index (χ4n) is 2.35. The minimum atomic E-state index is -1.34. The molecule has 0 bridgehead atoms. The SMILES string of the molecule is O=C(O)c1cc(-n2cnc3ccc(O)c(C(=O)O)c32)ccc1O. The molecule has 0 aliphatic carbocycles. The summed E-state index contributed by atoms with van der Waals surface area (Å²) < 4.78 is 1.34. The molecular formula is C15H10N2O6. The van der Waals surface area contributed by atoms with Gasteiger partial charge in [0.1, 0.15) is 29.0 Å². The van der Waals surface area contributed by atoms with Crippen LogP contribution in [0.1, 0.15) is 20.7 Å². The molecule has 8 heteroatoms. The van der Waals surface area contributed by atoms with Gasteiger partial charge in [-0.2, -0.15) is 0 Å². The number of hydrogen-bond acceptors (Lipinski definition) is 5. The monoisotopic (exact) mass is 314 g/mol. The first kappa shape index (κ1) is 14.4. The van der Waals surface area contributed by atoms with Crippen LogP contribution in [0.5, 0.6) is 11.5 Å². The van der Waals surface area contributed by atoms with Crippen molar-refractivity contribution in [2.75, 3.05) is 0 Å². The third kappa shape index (κ3) is 2.22. The van der Waals surface area contributed by atoms with E-state index in [4.69, 9.17) is 5.11 Å². The van der Waals surface area contributed by atoms with E-state index in [9.17, 15) is 24.9 Å². The van der Waals surface area contributed by atoms with Gasteiger partial charge in [0.25, 0.3) is 0 Å². The molecule has 0 spiro atoms. The fourth-order valence-corrected chi connectivity index (χ4v) is 2.35. The maximum atomic E-state index is 11.4. The number of fused-ring (bicyclic) bond motifs is 1. The number of aromatic nitrogens is 2. The van der Waals surface area contributed by atoms with Gasteiger partial charge in [-0.3, -0.25) is 4.57 Å². The molecule has 0 aliphatic rings. The van der Waals surface area contributed by atoms with E-state index < -0.39 is 23.4 Å². The van der Waals surface area contributed by atoms with Gasteiger partial charge >= 0.3 is 11.9 Å². The van der Waals surface area contributed by atoms with Gasteiger partial charge in [-0.1, -0.05) is 0 Å². The fraction of sp³-hybridized carbons (Fsp3) is 0. The summed E-state index contributed by atoms with van der Waals surface area (Å²) in [7, 11) is 0. The largest absolute Gasteiger partial charge is 0.507 e. The van der Waals surface area contributed by atoms with Crippen LogP contribution in [-0.2, 0) is 0 Å². The highest BCUT2D eigenvalue weighted by atomic mass is 16.4. The molecule has 0 radical (unpaired) electrons. The lowest BCUT2D eigenvalue weighted by Crippen LogP contribution is -2.04. The van der Waals surface area contributed by atoms with Crippen molar-refractivity contribution in [2.45, 2.75) is 0 Å². The average molecular weight is 314 g/mol. The van der Waals surface area contributed by atoms with Gasteiger partial charge in [0.15, 0.2) is 0 Å². The number of aromatic carboxylic acids is 2. The van der Waals surface area contributed by atoms with Crippen LogP contribution in [-0.4, -0.2) is 41.9 Å². The number of carbonyl (C=O) groups is 2. The minimum absolute atomic E-state index is 0.125. The third-order valence-electron chi connectivity index (χ3n) is 3.39. The Hall–Kier alpha value is -3.55. The summed E-state index contributed by atoms with van der Waals surface area (Å²) in [6, 6.07) is 6.47. The number of phenols is 2. The average Bonchev–Trinajstić information content (AvgIpc) is 2.90. The first-order chi connectivity index (χ1) is 10.9. The normalized spacial score (nSPS) is 10.8. The summed E-state index contributed by atoms with van der Waals surface area (Å²) in [6.07, 6.45) is 1.31. The van der Waals surface area contributed by atoms with Gasteiger partial charge < -0.3 is 20.4 Å². The van der Waals surface area contributed by atoms with Crippen molar-refractivity contribution in [3.05, 3.63) is 47.8 Å². The van der Waals surface area contributed by atoms with E-state index in [0.717, 1.165) is 0 Å². The van der Waals surface area contributed by atoms with E-state index in [0.29, 0.717) is 5.52 Å². The van der Waals surface area contributed by atoms with Gasteiger partial charge in [0.2, 0.25) is 0 Å². The van der Waals surface area contributed by atoms with Crippen molar-refractivity contribution in [2.24, 2.45) is 0 Å². The molecule has 1 aromatic heterocycles.